The van der Waals surface area contributed by atoms with Crippen LogP contribution in [0.2, 0.25) is 0 Å². The summed E-state index contributed by atoms with van der Waals surface area (Å²) in [4.78, 5) is 4.50. The Bertz CT molecular complexity index is 570. The van der Waals surface area contributed by atoms with Gasteiger partial charge in [-0.25, -0.2) is 4.39 Å². The summed E-state index contributed by atoms with van der Waals surface area (Å²) in [5.74, 6) is -0.264. The zero-order valence-electron chi connectivity index (χ0n) is 14.7. The lowest BCUT2D eigenvalue weighted by atomic mass is 9.78. The number of likely N-dealkylation sites (N-methyl/N-ethyl adjacent to an activating group) is 1. The molecule has 1 aromatic rings. The summed E-state index contributed by atoms with van der Waals surface area (Å²) in [5.41, 5.74) is 0.484. The summed E-state index contributed by atoms with van der Waals surface area (Å²) in [6.45, 7) is 11.7. The largest absolute Gasteiger partial charge is 0.497 e. The topological polar surface area (TPSA) is 24.9 Å². The van der Waals surface area contributed by atoms with Crippen LogP contribution in [0.15, 0.2) is 18.2 Å². The highest BCUT2D eigenvalue weighted by Gasteiger charge is 2.52. The standard InChI is InChI=1S/C17H26BFN2O2/c1-16(2)17(3,4)23-18(22-16)14-7-6-13(12-15(14)19)21-10-8-20(5)9-11-21/h6-7,12H,8-11H2,1-5H3. The molecule has 0 N–H and O–H groups in total. The van der Waals surface area contributed by atoms with Gasteiger partial charge in [0, 0.05) is 37.3 Å². The molecule has 2 heterocycles. The van der Waals surface area contributed by atoms with Crippen LogP contribution in [0.3, 0.4) is 0 Å². The van der Waals surface area contributed by atoms with Crippen molar-refractivity contribution in [3.63, 3.8) is 0 Å². The van der Waals surface area contributed by atoms with Crippen molar-refractivity contribution < 1.29 is 13.7 Å². The van der Waals surface area contributed by atoms with E-state index >= 15 is 0 Å². The summed E-state index contributed by atoms with van der Waals surface area (Å²) in [6, 6.07) is 5.37. The fourth-order valence-corrected chi connectivity index (χ4v) is 2.94. The SMILES string of the molecule is CN1CCN(c2ccc(B3OC(C)(C)C(C)(C)O3)c(F)c2)CC1. The highest BCUT2D eigenvalue weighted by Crippen LogP contribution is 2.36. The molecule has 0 radical (unpaired) electrons. The van der Waals surface area contributed by atoms with Crippen molar-refractivity contribution in [1.82, 2.24) is 4.90 Å². The Morgan fingerprint density at radius 3 is 2.09 bits per heavy atom. The van der Waals surface area contributed by atoms with Gasteiger partial charge < -0.3 is 19.1 Å². The van der Waals surface area contributed by atoms with Crippen molar-refractivity contribution in [1.29, 1.82) is 0 Å². The maximum atomic E-state index is 14.6. The number of benzene rings is 1. The van der Waals surface area contributed by atoms with Gasteiger partial charge >= 0.3 is 7.12 Å². The van der Waals surface area contributed by atoms with Gasteiger partial charge in [0.25, 0.3) is 0 Å². The second kappa shape index (κ2) is 5.76. The molecule has 0 atom stereocenters. The molecule has 2 fully saturated rings. The fourth-order valence-electron chi connectivity index (χ4n) is 2.94. The van der Waals surface area contributed by atoms with E-state index in [-0.39, 0.29) is 5.82 Å². The minimum Gasteiger partial charge on any atom is -0.399 e. The van der Waals surface area contributed by atoms with Gasteiger partial charge in [0.2, 0.25) is 0 Å². The van der Waals surface area contributed by atoms with E-state index in [2.05, 4.69) is 16.8 Å². The minimum absolute atomic E-state index is 0.264. The van der Waals surface area contributed by atoms with Crippen molar-refractivity contribution in [2.75, 3.05) is 38.1 Å². The Kier molecular flexibility index (Phi) is 4.19. The molecule has 0 amide bonds. The predicted molar refractivity (Wildman–Crippen MR) is 91.8 cm³/mol. The number of halogens is 1. The second-order valence-corrected chi connectivity index (χ2v) is 7.58. The van der Waals surface area contributed by atoms with Crippen molar-refractivity contribution in [3.05, 3.63) is 24.0 Å². The Morgan fingerprint density at radius 1 is 1.00 bits per heavy atom. The van der Waals surface area contributed by atoms with Gasteiger partial charge in [-0.1, -0.05) is 6.07 Å². The molecule has 0 aliphatic carbocycles. The average Bonchev–Trinajstić information content (AvgIpc) is 2.68. The molecule has 2 aliphatic heterocycles. The van der Waals surface area contributed by atoms with Crippen LogP contribution in [0, 0.1) is 5.82 Å². The third kappa shape index (κ3) is 3.12. The summed E-state index contributed by atoms with van der Waals surface area (Å²) in [7, 11) is 1.46. The van der Waals surface area contributed by atoms with Crippen molar-refractivity contribution in [2.45, 2.75) is 38.9 Å². The molecule has 0 spiro atoms. The van der Waals surface area contributed by atoms with Gasteiger partial charge in [-0.3, -0.25) is 0 Å². The van der Waals surface area contributed by atoms with E-state index in [0.29, 0.717) is 5.46 Å². The molecular weight excluding hydrogens is 294 g/mol. The molecule has 6 heteroatoms. The summed E-state index contributed by atoms with van der Waals surface area (Å²) in [6.07, 6.45) is 0. The van der Waals surface area contributed by atoms with Crippen LogP contribution >= 0.6 is 0 Å². The lowest BCUT2D eigenvalue weighted by Gasteiger charge is -2.34. The first-order valence-electron chi connectivity index (χ1n) is 8.28. The van der Waals surface area contributed by atoms with Crippen molar-refractivity contribution in [3.8, 4) is 0 Å². The van der Waals surface area contributed by atoms with E-state index in [0.717, 1.165) is 31.9 Å². The van der Waals surface area contributed by atoms with Gasteiger partial charge in [0.1, 0.15) is 5.82 Å². The van der Waals surface area contributed by atoms with Gasteiger partial charge in [0.15, 0.2) is 0 Å². The Hall–Kier alpha value is -1.11. The van der Waals surface area contributed by atoms with E-state index < -0.39 is 18.3 Å². The first-order valence-corrected chi connectivity index (χ1v) is 8.28. The summed E-state index contributed by atoms with van der Waals surface area (Å²) in [5, 5.41) is 0. The van der Waals surface area contributed by atoms with E-state index in [1.54, 1.807) is 12.1 Å². The molecular formula is C17H26BFN2O2. The van der Waals surface area contributed by atoms with E-state index in [1.807, 2.05) is 33.8 Å². The zero-order valence-corrected chi connectivity index (χ0v) is 14.7. The maximum absolute atomic E-state index is 14.6. The van der Waals surface area contributed by atoms with Crippen LogP contribution in [0.4, 0.5) is 10.1 Å². The Balaban J connectivity index is 1.78. The van der Waals surface area contributed by atoms with Crippen molar-refractivity contribution >= 4 is 18.3 Å². The number of anilines is 1. The van der Waals surface area contributed by atoms with Crippen LogP contribution in [0.5, 0.6) is 0 Å². The number of hydrogen-bond acceptors (Lipinski definition) is 4. The molecule has 0 bridgehead atoms. The molecule has 1 aromatic carbocycles. The smallest absolute Gasteiger partial charge is 0.399 e. The van der Waals surface area contributed by atoms with E-state index in [9.17, 15) is 4.39 Å². The molecule has 0 unspecified atom stereocenters. The van der Waals surface area contributed by atoms with Crippen LogP contribution in [-0.4, -0.2) is 56.4 Å². The number of nitrogens with zero attached hydrogens (tertiary/aromatic N) is 2. The molecule has 0 aromatic heterocycles. The van der Waals surface area contributed by atoms with Gasteiger partial charge in [0.05, 0.1) is 11.2 Å². The zero-order chi connectivity index (χ0) is 16.8. The highest BCUT2D eigenvalue weighted by atomic mass is 19.1. The average molecular weight is 320 g/mol. The quantitative estimate of drug-likeness (QED) is 0.777. The second-order valence-electron chi connectivity index (χ2n) is 7.58. The van der Waals surface area contributed by atoms with Crippen LogP contribution in [0.1, 0.15) is 27.7 Å². The summed E-state index contributed by atoms with van der Waals surface area (Å²) >= 11 is 0. The maximum Gasteiger partial charge on any atom is 0.497 e. The molecule has 2 aliphatic rings. The molecule has 126 valence electrons. The number of rotatable bonds is 2. The highest BCUT2D eigenvalue weighted by molar-refractivity contribution is 6.62. The van der Waals surface area contributed by atoms with E-state index in [1.165, 1.54) is 0 Å². The molecule has 23 heavy (non-hydrogen) atoms. The lowest BCUT2D eigenvalue weighted by Crippen LogP contribution is -2.45. The lowest BCUT2D eigenvalue weighted by molar-refractivity contribution is 0.00578. The van der Waals surface area contributed by atoms with Crippen LogP contribution in [-0.2, 0) is 9.31 Å². The Labute approximate surface area is 138 Å². The monoisotopic (exact) mass is 320 g/mol. The molecule has 3 rings (SSSR count). The predicted octanol–water partition coefficient (Wildman–Crippen LogP) is 1.88. The fraction of sp³-hybridized carbons (Fsp3) is 0.647. The molecule has 2 saturated heterocycles. The summed E-state index contributed by atoms with van der Waals surface area (Å²) < 4.78 is 26.5. The van der Waals surface area contributed by atoms with Crippen LogP contribution < -0.4 is 10.4 Å². The van der Waals surface area contributed by atoms with Gasteiger partial charge in [-0.05, 0) is 46.9 Å². The molecule has 4 nitrogen and oxygen atoms in total. The number of piperazine rings is 1. The minimum atomic E-state index is -0.651. The van der Waals surface area contributed by atoms with Gasteiger partial charge in [-0.15, -0.1) is 0 Å². The number of hydrogen-bond donors (Lipinski definition) is 0. The Morgan fingerprint density at radius 2 is 1.57 bits per heavy atom. The van der Waals surface area contributed by atoms with Crippen LogP contribution in [0.25, 0.3) is 0 Å². The van der Waals surface area contributed by atoms with E-state index in [4.69, 9.17) is 9.31 Å². The molecule has 0 saturated carbocycles. The van der Waals surface area contributed by atoms with Gasteiger partial charge in [-0.2, -0.15) is 0 Å². The third-order valence-corrected chi connectivity index (χ3v) is 5.36. The first-order chi connectivity index (χ1) is 10.7. The first kappa shape index (κ1) is 16.7. The van der Waals surface area contributed by atoms with Crippen molar-refractivity contribution in [2.24, 2.45) is 0 Å². The normalized spacial score (nSPS) is 24.3. The third-order valence-electron chi connectivity index (χ3n) is 5.36.